The Kier molecular flexibility index (Phi) is 4.88. The molecule has 1 aliphatic rings. The number of aromatic amines is 1. The molecule has 0 fully saturated rings. The molecule has 0 atom stereocenters. The van der Waals surface area contributed by atoms with E-state index >= 15 is 0 Å². The van der Waals surface area contributed by atoms with Gasteiger partial charge in [-0.05, 0) is 23.3 Å². The van der Waals surface area contributed by atoms with Gasteiger partial charge in [-0.25, -0.2) is 5.10 Å². The Morgan fingerprint density at radius 2 is 1.86 bits per heavy atom. The van der Waals surface area contributed by atoms with E-state index in [0.717, 1.165) is 13.1 Å². The van der Waals surface area contributed by atoms with E-state index in [0.29, 0.717) is 22.1 Å². The summed E-state index contributed by atoms with van der Waals surface area (Å²) in [5.74, 6) is -0.128. The molecule has 1 aliphatic heterocycles. The third-order valence-electron chi connectivity index (χ3n) is 4.57. The van der Waals surface area contributed by atoms with Crippen molar-refractivity contribution in [2.75, 3.05) is 6.61 Å². The first-order valence-electron chi connectivity index (χ1n) is 8.50. The lowest BCUT2D eigenvalue weighted by molar-refractivity contribution is -0.153. The summed E-state index contributed by atoms with van der Waals surface area (Å²) in [6.07, 6.45) is -4.50. The molecule has 0 bridgehead atoms. The first kappa shape index (κ1) is 18.9. The summed E-state index contributed by atoms with van der Waals surface area (Å²) in [6, 6.07) is 11.1. The largest absolute Gasteiger partial charge is 0.483 e. The predicted octanol–water partition coefficient (Wildman–Crippen LogP) is 4.14. The van der Waals surface area contributed by atoms with Crippen molar-refractivity contribution >= 4 is 26.7 Å². The van der Waals surface area contributed by atoms with Crippen LogP contribution in [0.1, 0.15) is 16.8 Å². The van der Waals surface area contributed by atoms with E-state index in [1.54, 1.807) is 6.07 Å². The maximum atomic E-state index is 12.6. The van der Waals surface area contributed by atoms with Crippen LogP contribution in [0.4, 0.5) is 13.2 Å². The van der Waals surface area contributed by atoms with E-state index in [-0.39, 0.29) is 11.1 Å². The van der Waals surface area contributed by atoms with Crippen molar-refractivity contribution < 1.29 is 17.9 Å². The number of nitrogens with one attached hydrogen (secondary N) is 1. The molecule has 1 N–H and O–H groups in total. The zero-order valence-corrected chi connectivity index (χ0v) is 16.1. The minimum Gasteiger partial charge on any atom is -0.483 e. The number of H-pyrrole nitrogens is 1. The first-order chi connectivity index (χ1) is 13.3. The summed E-state index contributed by atoms with van der Waals surface area (Å²) in [5.41, 5.74) is 2.44. The summed E-state index contributed by atoms with van der Waals surface area (Å²) in [6.45, 7) is 0.446. The van der Waals surface area contributed by atoms with Gasteiger partial charge in [-0.2, -0.15) is 18.3 Å². The van der Waals surface area contributed by atoms with Crippen LogP contribution in [0.15, 0.2) is 45.7 Å². The Bertz CT molecular complexity index is 1070. The van der Waals surface area contributed by atoms with Crippen molar-refractivity contribution in [3.63, 3.8) is 0 Å². The maximum Gasteiger partial charge on any atom is 0.422 e. The molecule has 5 nitrogen and oxygen atoms in total. The third kappa shape index (κ3) is 3.90. The van der Waals surface area contributed by atoms with Crippen LogP contribution in [0.3, 0.4) is 0 Å². The molecule has 146 valence electrons. The van der Waals surface area contributed by atoms with E-state index in [1.807, 2.05) is 12.1 Å². The van der Waals surface area contributed by atoms with Crippen molar-refractivity contribution in [2.24, 2.45) is 0 Å². The summed E-state index contributed by atoms with van der Waals surface area (Å²) >= 11 is 3.28. The van der Waals surface area contributed by atoms with Gasteiger partial charge in [0.2, 0.25) is 0 Å². The molecule has 2 heterocycles. The van der Waals surface area contributed by atoms with Gasteiger partial charge < -0.3 is 4.74 Å². The van der Waals surface area contributed by atoms with E-state index in [9.17, 15) is 18.0 Å². The van der Waals surface area contributed by atoms with Gasteiger partial charge in [-0.15, -0.1) is 0 Å². The highest BCUT2D eigenvalue weighted by atomic mass is 79.9. The Morgan fingerprint density at radius 1 is 1.18 bits per heavy atom. The number of fused-ring (bicyclic) bond motifs is 2. The van der Waals surface area contributed by atoms with Crippen molar-refractivity contribution in [1.82, 2.24) is 15.1 Å². The molecule has 28 heavy (non-hydrogen) atoms. The zero-order chi connectivity index (χ0) is 19.9. The van der Waals surface area contributed by atoms with Crippen LogP contribution < -0.4 is 10.3 Å². The number of nitrogens with zero attached hydrogens (tertiary/aromatic N) is 2. The Morgan fingerprint density at radius 3 is 2.50 bits per heavy atom. The van der Waals surface area contributed by atoms with Gasteiger partial charge >= 0.3 is 6.18 Å². The van der Waals surface area contributed by atoms with E-state index < -0.39 is 18.3 Å². The molecule has 0 amide bonds. The molecule has 1 aromatic heterocycles. The van der Waals surface area contributed by atoms with Crippen LogP contribution in [-0.2, 0) is 19.6 Å². The minimum absolute atomic E-state index is 0.0640. The number of hydrogen-bond acceptors (Lipinski definition) is 4. The average molecular weight is 454 g/mol. The standard InChI is InChI=1S/C19H15BrF3N3O2/c20-13-5-14-15(9-26-7-11-3-1-2-4-12(11)8-26)24-25-18(27)17(14)16(6-13)28-10-19(21,22)23/h1-6H,7-10H2,(H,25,27). The normalized spacial score (nSPS) is 14.4. The summed E-state index contributed by atoms with van der Waals surface area (Å²) < 4.78 is 43.2. The lowest BCUT2D eigenvalue weighted by atomic mass is 10.1. The number of ether oxygens (including phenoxy) is 1. The highest BCUT2D eigenvalue weighted by Crippen LogP contribution is 2.32. The molecule has 0 saturated heterocycles. The Balaban J connectivity index is 1.69. The topological polar surface area (TPSA) is 58.2 Å². The first-order valence-corrected chi connectivity index (χ1v) is 9.29. The highest BCUT2D eigenvalue weighted by Gasteiger charge is 2.29. The van der Waals surface area contributed by atoms with Gasteiger partial charge in [0, 0.05) is 29.5 Å². The predicted molar refractivity (Wildman–Crippen MR) is 101 cm³/mol. The van der Waals surface area contributed by atoms with Gasteiger partial charge in [0.25, 0.3) is 5.56 Å². The fraction of sp³-hybridized carbons (Fsp3) is 0.263. The van der Waals surface area contributed by atoms with Crippen molar-refractivity contribution in [1.29, 1.82) is 0 Å². The Labute approximate surface area is 166 Å². The van der Waals surface area contributed by atoms with Gasteiger partial charge in [0.05, 0.1) is 11.1 Å². The second-order valence-corrected chi connectivity index (χ2v) is 7.56. The maximum absolute atomic E-state index is 12.6. The van der Waals surface area contributed by atoms with Gasteiger partial charge in [-0.1, -0.05) is 40.2 Å². The lowest BCUT2D eigenvalue weighted by Crippen LogP contribution is -2.22. The third-order valence-corrected chi connectivity index (χ3v) is 5.03. The zero-order valence-electron chi connectivity index (χ0n) is 14.5. The SMILES string of the molecule is O=c1[nH]nc(CN2Cc3ccccc3C2)c2cc(Br)cc(OCC(F)(F)F)c12. The average Bonchev–Trinajstić information content (AvgIpc) is 3.03. The highest BCUT2D eigenvalue weighted by molar-refractivity contribution is 9.10. The number of hydrogen-bond donors (Lipinski definition) is 1. The smallest absolute Gasteiger partial charge is 0.422 e. The molecule has 0 spiro atoms. The van der Waals surface area contributed by atoms with Crippen LogP contribution in [0.5, 0.6) is 5.75 Å². The number of rotatable bonds is 4. The minimum atomic E-state index is -4.50. The van der Waals surface area contributed by atoms with Gasteiger partial charge in [0.1, 0.15) is 5.75 Å². The number of benzene rings is 2. The summed E-state index contributed by atoms with van der Waals surface area (Å²) in [4.78, 5) is 14.4. The van der Waals surface area contributed by atoms with Crippen molar-refractivity contribution in [3.8, 4) is 5.75 Å². The number of alkyl halides is 3. The molecule has 0 unspecified atom stereocenters. The van der Waals surface area contributed by atoms with E-state index in [4.69, 9.17) is 4.74 Å². The second kappa shape index (κ2) is 7.21. The van der Waals surface area contributed by atoms with Gasteiger partial charge in [-0.3, -0.25) is 9.69 Å². The van der Waals surface area contributed by atoms with Crippen LogP contribution in [0.2, 0.25) is 0 Å². The van der Waals surface area contributed by atoms with Gasteiger partial charge in [0.15, 0.2) is 6.61 Å². The lowest BCUT2D eigenvalue weighted by Gasteiger charge is -2.17. The van der Waals surface area contributed by atoms with Crippen LogP contribution in [0.25, 0.3) is 10.8 Å². The number of halogens is 4. The van der Waals surface area contributed by atoms with Crippen molar-refractivity contribution in [3.05, 3.63) is 68.0 Å². The van der Waals surface area contributed by atoms with E-state index in [2.05, 4.69) is 43.2 Å². The molecule has 3 aromatic rings. The second-order valence-electron chi connectivity index (χ2n) is 6.64. The fourth-order valence-electron chi connectivity index (χ4n) is 3.40. The Hall–Kier alpha value is -2.39. The molecular formula is C19H15BrF3N3O2. The fourth-order valence-corrected chi connectivity index (χ4v) is 3.84. The van der Waals surface area contributed by atoms with Crippen LogP contribution >= 0.6 is 15.9 Å². The molecule has 9 heteroatoms. The summed E-state index contributed by atoms with van der Waals surface area (Å²) in [7, 11) is 0. The molecule has 0 saturated carbocycles. The molecular weight excluding hydrogens is 439 g/mol. The molecule has 0 radical (unpaired) electrons. The quantitative estimate of drug-likeness (QED) is 0.644. The monoisotopic (exact) mass is 453 g/mol. The number of aromatic nitrogens is 2. The summed E-state index contributed by atoms with van der Waals surface area (Å²) in [5, 5.41) is 7.06. The van der Waals surface area contributed by atoms with E-state index in [1.165, 1.54) is 17.2 Å². The van der Waals surface area contributed by atoms with Crippen LogP contribution in [0, 0.1) is 0 Å². The molecule has 2 aromatic carbocycles. The molecule has 4 rings (SSSR count). The van der Waals surface area contributed by atoms with Crippen molar-refractivity contribution in [2.45, 2.75) is 25.8 Å². The molecule has 0 aliphatic carbocycles. The van der Waals surface area contributed by atoms with Crippen LogP contribution in [-0.4, -0.2) is 27.9 Å².